The molecule has 1 aromatic rings. The number of benzene rings is 1. The van der Waals surface area contributed by atoms with Crippen LogP contribution in [0.3, 0.4) is 0 Å². The first kappa shape index (κ1) is 24.4. The Morgan fingerprint density at radius 3 is 2.57 bits per heavy atom. The van der Waals surface area contributed by atoms with Gasteiger partial charge in [0, 0.05) is 18.2 Å². The number of amidine groups is 1. The maximum atomic E-state index is 12.8. The van der Waals surface area contributed by atoms with E-state index >= 15 is 0 Å². The monoisotopic (exact) mass is 430 g/mol. The van der Waals surface area contributed by atoms with Gasteiger partial charge in [0.15, 0.2) is 0 Å². The summed E-state index contributed by atoms with van der Waals surface area (Å²) in [4.78, 5) is 17.5. The maximum absolute atomic E-state index is 12.8. The number of unbranched alkanes of at least 4 members (excludes halogenated alkanes) is 1. The SMILES string of the molecule is CCCCC(CN)NC(=O)C(CC(C)C)N=C1NS(=O)(=O)c2ccccc21.Cl. The number of hydrogen-bond donors (Lipinski definition) is 3. The summed E-state index contributed by atoms with van der Waals surface area (Å²) < 4.78 is 27.0. The molecule has 1 aromatic carbocycles. The van der Waals surface area contributed by atoms with Gasteiger partial charge in [-0.2, -0.15) is 0 Å². The van der Waals surface area contributed by atoms with E-state index < -0.39 is 16.1 Å². The molecule has 0 saturated carbocycles. The second-order valence-corrected chi connectivity index (χ2v) is 8.96. The van der Waals surface area contributed by atoms with E-state index in [4.69, 9.17) is 5.73 Å². The van der Waals surface area contributed by atoms with Crippen molar-refractivity contribution in [3.8, 4) is 0 Å². The number of fused-ring (bicyclic) bond motifs is 1. The van der Waals surface area contributed by atoms with Crippen LogP contribution in [0.25, 0.3) is 0 Å². The summed E-state index contributed by atoms with van der Waals surface area (Å²) in [6.07, 6.45) is 3.35. The molecule has 2 atom stereocenters. The number of carbonyl (C=O) groups excluding carboxylic acids is 1. The number of aliphatic imine (C=N–C) groups is 1. The van der Waals surface area contributed by atoms with Gasteiger partial charge in [-0.25, -0.2) is 8.42 Å². The lowest BCUT2D eigenvalue weighted by molar-refractivity contribution is -0.123. The van der Waals surface area contributed by atoms with Crippen LogP contribution in [-0.2, 0) is 14.8 Å². The quantitative estimate of drug-likeness (QED) is 0.557. The highest BCUT2D eigenvalue weighted by molar-refractivity contribution is 7.90. The summed E-state index contributed by atoms with van der Waals surface area (Å²) >= 11 is 0. The highest BCUT2D eigenvalue weighted by Crippen LogP contribution is 2.23. The molecule has 7 nitrogen and oxygen atoms in total. The zero-order chi connectivity index (χ0) is 20.0. The lowest BCUT2D eigenvalue weighted by Crippen LogP contribution is -2.45. The van der Waals surface area contributed by atoms with Gasteiger partial charge >= 0.3 is 0 Å². The van der Waals surface area contributed by atoms with E-state index in [1.54, 1.807) is 18.2 Å². The summed E-state index contributed by atoms with van der Waals surface area (Å²) in [7, 11) is -3.63. The topological polar surface area (TPSA) is 114 Å². The van der Waals surface area contributed by atoms with Crippen molar-refractivity contribution >= 4 is 34.2 Å². The van der Waals surface area contributed by atoms with Crippen molar-refractivity contribution in [3.05, 3.63) is 29.8 Å². The van der Waals surface area contributed by atoms with E-state index in [9.17, 15) is 13.2 Å². The van der Waals surface area contributed by atoms with Gasteiger partial charge < -0.3 is 11.1 Å². The molecule has 0 radical (unpaired) electrons. The predicted molar refractivity (Wildman–Crippen MR) is 114 cm³/mol. The standard InChI is InChI=1S/C19H30N4O3S.ClH/c1-4-5-8-14(12-20)21-19(24)16(11-13(2)3)22-18-15-9-6-7-10-17(15)27(25,26)23-18;/h6-7,9-10,13-14,16H,4-5,8,11-12,20H2,1-3H3,(H,21,24)(H,22,23);1H. The van der Waals surface area contributed by atoms with Gasteiger partial charge in [0.05, 0.1) is 4.90 Å². The Hall–Kier alpha value is -1.64. The second-order valence-electron chi connectivity index (χ2n) is 7.31. The van der Waals surface area contributed by atoms with Crippen molar-refractivity contribution in [2.75, 3.05) is 6.54 Å². The fraction of sp³-hybridized carbons (Fsp3) is 0.579. The van der Waals surface area contributed by atoms with E-state index in [-0.39, 0.29) is 41.0 Å². The number of nitrogens with zero attached hydrogens (tertiary/aromatic N) is 1. The van der Waals surface area contributed by atoms with Crippen LogP contribution in [0.15, 0.2) is 34.2 Å². The number of rotatable bonds is 9. The summed E-state index contributed by atoms with van der Waals surface area (Å²) in [5, 5.41) is 2.98. The molecule has 1 aliphatic heterocycles. The van der Waals surface area contributed by atoms with Gasteiger partial charge in [-0.1, -0.05) is 45.7 Å². The molecule has 2 rings (SSSR count). The van der Waals surface area contributed by atoms with Crippen LogP contribution in [0.4, 0.5) is 0 Å². The molecule has 1 amide bonds. The molecule has 2 unspecified atom stereocenters. The average Bonchev–Trinajstić information content (AvgIpc) is 2.88. The van der Waals surface area contributed by atoms with E-state index in [0.29, 0.717) is 18.5 Å². The second kappa shape index (κ2) is 10.8. The van der Waals surface area contributed by atoms with Crippen molar-refractivity contribution in [1.29, 1.82) is 0 Å². The van der Waals surface area contributed by atoms with Gasteiger partial charge in [-0.15, -0.1) is 12.4 Å². The first-order valence-electron chi connectivity index (χ1n) is 9.49. The molecular weight excluding hydrogens is 400 g/mol. The third kappa shape index (κ3) is 6.18. The number of nitrogens with one attached hydrogen (secondary N) is 2. The van der Waals surface area contributed by atoms with Crippen LogP contribution in [0.1, 0.15) is 52.0 Å². The Morgan fingerprint density at radius 2 is 1.96 bits per heavy atom. The minimum atomic E-state index is -3.63. The molecule has 1 aliphatic rings. The number of nitrogens with two attached hydrogens (primary N) is 1. The Morgan fingerprint density at radius 1 is 1.29 bits per heavy atom. The predicted octanol–water partition coefficient (Wildman–Crippen LogP) is 2.20. The van der Waals surface area contributed by atoms with Crippen molar-refractivity contribution < 1.29 is 13.2 Å². The van der Waals surface area contributed by atoms with E-state index in [1.165, 1.54) is 6.07 Å². The molecule has 4 N–H and O–H groups in total. The minimum Gasteiger partial charge on any atom is -0.350 e. The highest BCUT2D eigenvalue weighted by Gasteiger charge is 2.32. The Balaban J connectivity index is 0.00000392. The van der Waals surface area contributed by atoms with Crippen molar-refractivity contribution in [3.63, 3.8) is 0 Å². The molecule has 0 fully saturated rings. The van der Waals surface area contributed by atoms with Crippen LogP contribution < -0.4 is 15.8 Å². The zero-order valence-corrected chi connectivity index (χ0v) is 18.3. The zero-order valence-electron chi connectivity index (χ0n) is 16.6. The van der Waals surface area contributed by atoms with Gasteiger partial charge in [0.1, 0.15) is 11.9 Å². The smallest absolute Gasteiger partial charge is 0.263 e. The molecule has 0 aliphatic carbocycles. The van der Waals surface area contributed by atoms with Crippen LogP contribution >= 0.6 is 12.4 Å². The van der Waals surface area contributed by atoms with E-state index in [0.717, 1.165) is 19.3 Å². The molecular formula is C19H31ClN4O3S. The molecule has 28 heavy (non-hydrogen) atoms. The van der Waals surface area contributed by atoms with Crippen LogP contribution in [0, 0.1) is 5.92 Å². The first-order chi connectivity index (χ1) is 12.8. The maximum Gasteiger partial charge on any atom is 0.263 e. The van der Waals surface area contributed by atoms with Crippen molar-refractivity contribution in [1.82, 2.24) is 10.0 Å². The summed E-state index contributed by atoms with van der Waals surface area (Å²) in [6.45, 7) is 6.47. The van der Waals surface area contributed by atoms with Crippen LogP contribution in [-0.4, -0.2) is 38.8 Å². The molecule has 1 heterocycles. The average molecular weight is 431 g/mol. The third-order valence-corrected chi connectivity index (χ3v) is 5.88. The number of carbonyl (C=O) groups is 1. The summed E-state index contributed by atoms with van der Waals surface area (Å²) in [6, 6.07) is 5.87. The Labute approximate surface area is 174 Å². The Kier molecular flexibility index (Phi) is 9.39. The van der Waals surface area contributed by atoms with E-state index in [1.807, 2.05) is 13.8 Å². The van der Waals surface area contributed by atoms with Crippen molar-refractivity contribution in [2.24, 2.45) is 16.6 Å². The number of halogens is 1. The molecule has 0 bridgehead atoms. The molecule has 0 spiro atoms. The van der Waals surface area contributed by atoms with Gasteiger partial charge in [-0.05, 0) is 30.9 Å². The normalized spacial score (nSPS) is 18.1. The molecule has 0 aromatic heterocycles. The van der Waals surface area contributed by atoms with Crippen molar-refractivity contribution in [2.45, 2.75) is 63.4 Å². The first-order valence-corrected chi connectivity index (χ1v) is 11.0. The number of hydrogen-bond acceptors (Lipinski definition) is 5. The Bertz CT molecular complexity index is 796. The minimum absolute atomic E-state index is 0. The number of amides is 1. The van der Waals surface area contributed by atoms with Gasteiger partial charge in [0.2, 0.25) is 5.91 Å². The fourth-order valence-corrected chi connectivity index (χ4v) is 4.29. The third-order valence-electron chi connectivity index (χ3n) is 4.48. The summed E-state index contributed by atoms with van der Waals surface area (Å²) in [5.74, 6) is 0.237. The highest BCUT2D eigenvalue weighted by atomic mass is 35.5. The molecule has 158 valence electrons. The summed E-state index contributed by atoms with van der Waals surface area (Å²) in [5.41, 5.74) is 6.28. The largest absolute Gasteiger partial charge is 0.350 e. The van der Waals surface area contributed by atoms with E-state index in [2.05, 4.69) is 22.0 Å². The fourth-order valence-electron chi connectivity index (χ4n) is 3.05. The van der Waals surface area contributed by atoms with Crippen LogP contribution in [0.5, 0.6) is 0 Å². The van der Waals surface area contributed by atoms with Gasteiger partial charge in [-0.3, -0.25) is 14.5 Å². The lowest BCUT2D eigenvalue weighted by atomic mass is 10.0. The van der Waals surface area contributed by atoms with Gasteiger partial charge in [0.25, 0.3) is 10.0 Å². The lowest BCUT2D eigenvalue weighted by Gasteiger charge is -2.21. The molecule has 9 heteroatoms. The van der Waals surface area contributed by atoms with Crippen LogP contribution in [0.2, 0.25) is 0 Å². The number of sulfonamides is 1. The molecule has 0 saturated heterocycles.